The maximum absolute atomic E-state index is 12.3. The minimum Gasteiger partial charge on any atom is -0.391 e. The van der Waals surface area contributed by atoms with Gasteiger partial charge in [0.05, 0.1) is 17.5 Å². The molecule has 1 aliphatic rings. The molecule has 3 aromatic heterocycles. The largest absolute Gasteiger partial charge is 0.391 e. The maximum atomic E-state index is 12.3. The summed E-state index contributed by atoms with van der Waals surface area (Å²) in [7, 11) is 0. The van der Waals surface area contributed by atoms with Gasteiger partial charge in [0.2, 0.25) is 0 Å². The Hall–Kier alpha value is -2.51. The molecular weight excluding hydrogens is 332 g/mol. The Balaban J connectivity index is 1.48. The fraction of sp³-hybridized carbons (Fsp3) is 0.421. The van der Waals surface area contributed by atoms with Crippen molar-refractivity contribution >= 4 is 5.65 Å². The monoisotopic (exact) mass is 354 g/mol. The number of rotatable bonds is 4. The van der Waals surface area contributed by atoms with Crippen LogP contribution in [0.15, 0.2) is 39.8 Å². The third-order valence-corrected chi connectivity index (χ3v) is 4.87. The van der Waals surface area contributed by atoms with Gasteiger partial charge in [0.15, 0.2) is 0 Å². The fourth-order valence-corrected chi connectivity index (χ4v) is 3.61. The van der Waals surface area contributed by atoms with Crippen molar-refractivity contribution in [3.63, 3.8) is 0 Å². The van der Waals surface area contributed by atoms with E-state index in [1.165, 1.54) is 0 Å². The first-order chi connectivity index (χ1) is 12.5. The second kappa shape index (κ2) is 6.66. The van der Waals surface area contributed by atoms with Crippen molar-refractivity contribution < 1.29 is 9.63 Å². The van der Waals surface area contributed by atoms with Crippen LogP contribution in [0.4, 0.5) is 0 Å². The molecule has 1 fully saturated rings. The van der Waals surface area contributed by atoms with Gasteiger partial charge in [0.25, 0.3) is 5.56 Å². The highest BCUT2D eigenvalue weighted by Crippen LogP contribution is 2.23. The lowest BCUT2D eigenvalue weighted by Crippen LogP contribution is -2.24. The molecule has 0 aromatic carbocycles. The quantitative estimate of drug-likeness (QED) is 0.761. The number of β-amino-alcohol motifs (C(OH)–C–C–N with tert-alkyl or cyclic N) is 1. The molecule has 0 spiro atoms. The fourth-order valence-electron chi connectivity index (χ4n) is 3.61. The molecule has 26 heavy (non-hydrogen) atoms. The van der Waals surface area contributed by atoms with Gasteiger partial charge in [-0.2, -0.15) is 0 Å². The molecule has 0 amide bonds. The Bertz CT molecular complexity index is 994. The molecule has 0 aliphatic carbocycles. The van der Waals surface area contributed by atoms with E-state index >= 15 is 0 Å². The SMILES string of the molecule is Cc1ccc2nc(CN3C[C@@H](Cc4cc(C)no4)[C@H](O)C3)cc(=O)n2c1. The van der Waals surface area contributed by atoms with Gasteiger partial charge in [-0.15, -0.1) is 0 Å². The summed E-state index contributed by atoms with van der Waals surface area (Å²) in [5.74, 6) is 0.886. The maximum Gasteiger partial charge on any atom is 0.258 e. The first-order valence-electron chi connectivity index (χ1n) is 8.79. The van der Waals surface area contributed by atoms with Crippen LogP contribution in [0.2, 0.25) is 0 Å². The van der Waals surface area contributed by atoms with Gasteiger partial charge in [-0.3, -0.25) is 14.1 Å². The summed E-state index contributed by atoms with van der Waals surface area (Å²) in [6.45, 7) is 5.67. The van der Waals surface area contributed by atoms with Crippen molar-refractivity contribution in [2.45, 2.75) is 32.9 Å². The van der Waals surface area contributed by atoms with Crippen molar-refractivity contribution in [1.29, 1.82) is 0 Å². The summed E-state index contributed by atoms with van der Waals surface area (Å²) >= 11 is 0. The van der Waals surface area contributed by atoms with Crippen molar-refractivity contribution in [2.24, 2.45) is 5.92 Å². The van der Waals surface area contributed by atoms with Gasteiger partial charge < -0.3 is 9.63 Å². The lowest BCUT2D eigenvalue weighted by molar-refractivity contribution is 0.137. The number of aromatic nitrogens is 3. The highest BCUT2D eigenvalue weighted by molar-refractivity contribution is 5.39. The molecule has 136 valence electrons. The van der Waals surface area contributed by atoms with Gasteiger partial charge in [-0.1, -0.05) is 11.2 Å². The summed E-state index contributed by atoms with van der Waals surface area (Å²) in [6, 6.07) is 7.28. The van der Waals surface area contributed by atoms with Crippen molar-refractivity contribution in [3.05, 3.63) is 63.5 Å². The predicted octanol–water partition coefficient (Wildman–Crippen LogP) is 1.33. The van der Waals surface area contributed by atoms with Gasteiger partial charge in [-0.05, 0) is 25.5 Å². The summed E-state index contributed by atoms with van der Waals surface area (Å²) in [5.41, 5.74) is 3.15. The Morgan fingerprint density at radius 1 is 1.27 bits per heavy atom. The summed E-state index contributed by atoms with van der Waals surface area (Å²) in [6.07, 6.45) is 2.03. The van der Waals surface area contributed by atoms with Crippen molar-refractivity contribution in [1.82, 2.24) is 19.4 Å². The van der Waals surface area contributed by atoms with Crippen LogP contribution >= 0.6 is 0 Å². The minimum absolute atomic E-state index is 0.0814. The van der Waals surface area contributed by atoms with E-state index in [2.05, 4.69) is 15.0 Å². The number of fused-ring (bicyclic) bond motifs is 1. The highest BCUT2D eigenvalue weighted by atomic mass is 16.5. The van der Waals surface area contributed by atoms with Crippen molar-refractivity contribution in [2.75, 3.05) is 13.1 Å². The van der Waals surface area contributed by atoms with Gasteiger partial charge in [0, 0.05) is 50.3 Å². The molecular formula is C19H22N4O3. The first kappa shape index (κ1) is 16.9. The second-order valence-electron chi connectivity index (χ2n) is 7.18. The molecule has 1 N–H and O–H groups in total. The van der Waals surface area contributed by atoms with E-state index in [-0.39, 0.29) is 11.5 Å². The number of aryl methyl sites for hydroxylation is 2. The lowest BCUT2D eigenvalue weighted by Gasteiger charge is -2.15. The third kappa shape index (κ3) is 3.40. The van der Waals surface area contributed by atoms with E-state index in [1.807, 2.05) is 32.0 Å². The zero-order valence-electron chi connectivity index (χ0n) is 14.9. The number of hydrogen-bond donors (Lipinski definition) is 1. The summed E-state index contributed by atoms with van der Waals surface area (Å²) in [5, 5.41) is 14.3. The lowest BCUT2D eigenvalue weighted by atomic mass is 10.0. The molecule has 0 radical (unpaired) electrons. The van der Waals surface area contributed by atoms with Gasteiger partial charge >= 0.3 is 0 Å². The molecule has 2 atom stereocenters. The van der Waals surface area contributed by atoms with Crippen molar-refractivity contribution in [3.8, 4) is 0 Å². The molecule has 0 unspecified atom stereocenters. The van der Waals surface area contributed by atoms with Crippen LogP contribution in [0.5, 0.6) is 0 Å². The van der Waals surface area contributed by atoms with Crippen LogP contribution in [-0.4, -0.2) is 43.7 Å². The third-order valence-electron chi connectivity index (χ3n) is 4.87. The molecule has 4 rings (SSSR count). The van der Waals surface area contributed by atoms with Crippen LogP contribution in [0.3, 0.4) is 0 Å². The number of pyridine rings is 1. The summed E-state index contributed by atoms with van der Waals surface area (Å²) < 4.78 is 6.83. The van der Waals surface area contributed by atoms with E-state index in [4.69, 9.17) is 4.52 Å². The Morgan fingerprint density at radius 2 is 2.12 bits per heavy atom. The molecule has 7 nitrogen and oxygen atoms in total. The zero-order chi connectivity index (χ0) is 18.3. The topological polar surface area (TPSA) is 83.9 Å². The van der Waals surface area contributed by atoms with E-state index in [0.717, 1.165) is 29.3 Å². The average Bonchev–Trinajstić information content (AvgIpc) is 3.14. The van der Waals surface area contributed by atoms with E-state index in [0.29, 0.717) is 25.2 Å². The average molecular weight is 354 g/mol. The van der Waals surface area contributed by atoms with E-state index < -0.39 is 6.10 Å². The number of aliphatic hydroxyl groups is 1. The molecule has 0 saturated carbocycles. The van der Waals surface area contributed by atoms with Gasteiger partial charge in [0.1, 0.15) is 11.4 Å². The van der Waals surface area contributed by atoms with E-state index in [9.17, 15) is 9.90 Å². The van der Waals surface area contributed by atoms with Crippen LogP contribution < -0.4 is 5.56 Å². The Kier molecular flexibility index (Phi) is 4.34. The smallest absolute Gasteiger partial charge is 0.258 e. The molecule has 3 aromatic rings. The standard InChI is InChI=1S/C19H22N4O3/c1-12-3-4-18-20-15(7-19(25)23(18)8-12)10-22-9-14(17(24)11-22)6-16-5-13(2)21-26-16/h3-5,7-8,14,17,24H,6,9-11H2,1-2H3/t14-,17-/m1/s1. The molecule has 7 heteroatoms. The van der Waals surface area contributed by atoms with Crippen LogP contribution in [-0.2, 0) is 13.0 Å². The summed E-state index contributed by atoms with van der Waals surface area (Å²) in [4.78, 5) is 19.1. The first-order valence-corrected chi connectivity index (χ1v) is 8.79. The zero-order valence-corrected chi connectivity index (χ0v) is 14.9. The van der Waals surface area contributed by atoms with Crippen LogP contribution in [0.25, 0.3) is 5.65 Å². The predicted molar refractivity (Wildman–Crippen MR) is 95.9 cm³/mol. The van der Waals surface area contributed by atoms with E-state index in [1.54, 1.807) is 16.7 Å². The Labute approximate surface area is 150 Å². The molecule has 1 aliphatic heterocycles. The van der Waals surface area contributed by atoms with Gasteiger partial charge in [-0.25, -0.2) is 4.98 Å². The van der Waals surface area contributed by atoms with Crippen LogP contribution in [0, 0.1) is 19.8 Å². The van der Waals surface area contributed by atoms with Crippen LogP contribution in [0.1, 0.15) is 22.7 Å². The minimum atomic E-state index is -0.426. The molecule has 0 bridgehead atoms. The second-order valence-corrected chi connectivity index (χ2v) is 7.18. The number of aliphatic hydroxyl groups excluding tert-OH is 1. The number of likely N-dealkylation sites (tertiary alicyclic amines) is 1. The normalized spacial score (nSPS) is 20.9. The Morgan fingerprint density at radius 3 is 2.88 bits per heavy atom. The molecule has 1 saturated heterocycles. The number of hydrogen-bond acceptors (Lipinski definition) is 6. The highest BCUT2D eigenvalue weighted by Gasteiger charge is 2.32. The number of nitrogens with zero attached hydrogens (tertiary/aromatic N) is 4. The molecule has 4 heterocycles.